The van der Waals surface area contributed by atoms with Crippen LogP contribution < -0.4 is 5.73 Å². The van der Waals surface area contributed by atoms with Crippen molar-refractivity contribution in [2.75, 3.05) is 6.54 Å². The van der Waals surface area contributed by atoms with Gasteiger partial charge in [-0.25, -0.2) is 4.98 Å². The SMILES string of the molecule is Cc1nc(C(=O)N2[C@@H]3CC[C@@H](C3)[C@H]2CN)c(-c2cccc(Cl)c2Cl)s1. The Labute approximate surface area is 160 Å². The fourth-order valence-corrected chi connectivity index (χ4v) is 5.66. The predicted octanol–water partition coefficient (Wildman–Crippen LogP) is 4.38. The third-order valence-electron chi connectivity index (χ3n) is 5.35. The zero-order valence-corrected chi connectivity index (χ0v) is 16.2. The second-order valence-electron chi connectivity index (χ2n) is 6.75. The molecule has 2 aliphatic rings. The predicted molar refractivity (Wildman–Crippen MR) is 102 cm³/mol. The molecule has 25 heavy (non-hydrogen) atoms. The Morgan fingerprint density at radius 1 is 1.40 bits per heavy atom. The number of rotatable bonds is 3. The summed E-state index contributed by atoms with van der Waals surface area (Å²) in [7, 11) is 0. The highest BCUT2D eigenvalue weighted by atomic mass is 35.5. The molecule has 1 aromatic carbocycles. The first kappa shape index (κ1) is 17.3. The van der Waals surface area contributed by atoms with Crippen molar-refractivity contribution in [3.63, 3.8) is 0 Å². The third kappa shape index (κ3) is 2.78. The number of hydrogen-bond donors (Lipinski definition) is 1. The van der Waals surface area contributed by atoms with Gasteiger partial charge in [0.15, 0.2) is 0 Å². The van der Waals surface area contributed by atoms with Crippen LogP contribution in [-0.4, -0.2) is 34.4 Å². The topological polar surface area (TPSA) is 59.2 Å². The smallest absolute Gasteiger partial charge is 0.274 e. The van der Waals surface area contributed by atoms with E-state index in [0.717, 1.165) is 28.3 Å². The lowest BCUT2D eigenvalue weighted by molar-refractivity contribution is 0.0597. The number of hydrogen-bond acceptors (Lipinski definition) is 4. The molecule has 7 heteroatoms. The molecule has 1 saturated carbocycles. The molecule has 3 atom stereocenters. The van der Waals surface area contributed by atoms with Gasteiger partial charge in [0.25, 0.3) is 5.91 Å². The van der Waals surface area contributed by atoms with Gasteiger partial charge in [-0.1, -0.05) is 35.3 Å². The van der Waals surface area contributed by atoms with E-state index in [4.69, 9.17) is 28.9 Å². The molecular formula is C18H19Cl2N3OS. The number of aromatic nitrogens is 1. The number of benzene rings is 1. The monoisotopic (exact) mass is 395 g/mol. The van der Waals surface area contributed by atoms with Crippen molar-refractivity contribution < 1.29 is 4.79 Å². The van der Waals surface area contributed by atoms with Crippen molar-refractivity contribution in [1.82, 2.24) is 9.88 Å². The van der Waals surface area contributed by atoms with Gasteiger partial charge >= 0.3 is 0 Å². The van der Waals surface area contributed by atoms with Crippen molar-refractivity contribution in [3.05, 3.63) is 38.9 Å². The lowest BCUT2D eigenvalue weighted by Crippen LogP contribution is -2.48. The molecular weight excluding hydrogens is 377 g/mol. The van der Waals surface area contributed by atoms with Crippen LogP contribution in [0.4, 0.5) is 0 Å². The Bertz CT molecular complexity index is 838. The first-order valence-corrected chi connectivity index (χ1v) is 10.0. The Morgan fingerprint density at radius 3 is 2.96 bits per heavy atom. The summed E-state index contributed by atoms with van der Waals surface area (Å²) in [4.78, 5) is 20.7. The molecule has 1 saturated heterocycles. The molecule has 4 nitrogen and oxygen atoms in total. The Kier molecular flexibility index (Phi) is 4.52. The third-order valence-corrected chi connectivity index (χ3v) is 7.17. The van der Waals surface area contributed by atoms with E-state index in [9.17, 15) is 4.79 Å². The van der Waals surface area contributed by atoms with Crippen LogP contribution in [0.2, 0.25) is 10.0 Å². The fourth-order valence-electron chi connectivity index (χ4n) is 4.27. The Hall–Kier alpha value is -1.14. The summed E-state index contributed by atoms with van der Waals surface area (Å²) < 4.78 is 0. The number of nitrogens with two attached hydrogens (primary N) is 1. The van der Waals surface area contributed by atoms with Gasteiger partial charge < -0.3 is 10.6 Å². The van der Waals surface area contributed by atoms with E-state index < -0.39 is 0 Å². The summed E-state index contributed by atoms with van der Waals surface area (Å²) in [6.45, 7) is 2.41. The van der Waals surface area contributed by atoms with E-state index in [1.807, 2.05) is 24.0 Å². The van der Waals surface area contributed by atoms with E-state index >= 15 is 0 Å². The van der Waals surface area contributed by atoms with Crippen molar-refractivity contribution in [2.24, 2.45) is 11.7 Å². The van der Waals surface area contributed by atoms with E-state index in [1.165, 1.54) is 17.8 Å². The number of aryl methyl sites for hydroxylation is 1. The molecule has 2 heterocycles. The quantitative estimate of drug-likeness (QED) is 0.838. The van der Waals surface area contributed by atoms with E-state index in [1.54, 1.807) is 6.07 Å². The van der Waals surface area contributed by atoms with Crippen LogP contribution in [0.15, 0.2) is 18.2 Å². The zero-order chi connectivity index (χ0) is 17.7. The molecule has 1 aromatic heterocycles. The molecule has 2 N–H and O–H groups in total. The number of halogens is 2. The number of likely N-dealkylation sites (tertiary alicyclic amines) is 1. The average Bonchev–Trinajstić information content (AvgIpc) is 3.30. The molecule has 2 bridgehead atoms. The summed E-state index contributed by atoms with van der Waals surface area (Å²) in [5.74, 6) is 0.495. The highest BCUT2D eigenvalue weighted by Crippen LogP contribution is 2.44. The molecule has 1 aliphatic carbocycles. The van der Waals surface area contributed by atoms with E-state index in [-0.39, 0.29) is 18.0 Å². The van der Waals surface area contributed by atoms with Gasteiger partial charge in [-0.3, -0.25) is 4.79 Å². The number of nitrogens with zero attached hydrogens (tertiary/aromatic N) is 2. The van der Waals surface area contributed by atoms with Gasteiger partial charge in [-0.05, 0) is 38.2 Å². The Morgan fingerprint density at radius 2 is 2.20 bits per heavy atom. The highest BCUT2D eigenvalue weighted by Gasteiger charge is 2.48. The number of carbonyl (C=O) groups is 1. The minimum absolute atomic E-state index is 0.0296. The first-order chi connectivity index (χ1) is 12.0. The standard InChI is InChI=1S/C18H19Cl2N3OS/c1-9-22-16(17(25-9)12-3-2-4-13(19)15(12)20)18(24)23-11-6-5-10(7-11)14(23)8-21/h2-4,10-11,14H,5-8,21H2,1H3/t10-,11+,14+/m0/s1. The minimum atomic E-state index is -0.0296. The first-order valence-electron chi connectivity index (χ1n) is 8.45. The zero-order valence-electron chi connectivity index (χ0n) is 13.8. The molecule has 0 spiro atoms. The molecule has 4 rings (SSSR count). The Balaban J connectivity index is 1.77. The van der Waals surface area contributed by atoms with Gasteiger partial charge in [0.1, 0.15) is 5.69 Å². The summed E-state index contributed by atoms with van der Waals surface area (Å²) >= 11 is 14.0. The maximum atomic E-state index is 13.3. The molecule has 132 valence electrons. The minimum Gasteiger partial charge on any atom is -0.330 e. The highest BCUT2D eigenvalue weighted by molar-refractivity contribution is 7.15. The normalized spacial score (nSPS) is 25.0. The summed E-state index contributed by atoms with van der Waals surface area (Å²) in [5, 5.41) is 1.77. The van der Waals surface area contributed by atoms with Gasteiger partial charge in [0, 0.05) is 24.2 Å². The van der Waals surface area contributed by atoms with E-state index in [2.05, 4.69) is 4.98 Å². The van der Waals surface area contributed by atoms with Crippen molar-refractivity contribution in [3.8, 4) is 10.4 Å². The number of thiazole rings is 1. The lowest BCUT2D eigenvalue weighted by Gasteiger charge is -2.34. The van der Waals surface area contributed by atoms with Crippen LogP contribution >= 0.6 is 34.5 Å². The number of amides is 1. The second-order valence-corrected chi connectivity index (χ2v) is 8.74. The number of carbonyl (C=O) groups excluding carboxylic acids is 1. The van der Waals surface area contributed by atoms with E-state index in [0.29, 0.717) is 28.2 Å². The summed E-state index contributed by atoms with van der Waals surface area (Å²) in [6.07, 6.45) is 3.28. The molecule has 2 aromatic rings. The van der Waals surface area contributed by atoms with Gasteiger partial charge in [-0.15, -0.1) is 11.3 Å². The number of fused-ring (bicyclic) bond motifs is 2. The van der Waals surface area contributed by atoms with Crippen LogP contribution in [0.3, 0.4) is 0 Å². The molecule has 0 radical (unpaired) electrons. The lowest BCUT2D eigenvalue weighted by atomic mass is 9.98. The van der Waals surface area contributed by atoms with Crippen molar-refractivity contribution >= 4 is 40.4 Å². The maximum absolute atomic E-state index is 13.3. The van der Waals surface area contributed by atoms with Crippen LogP contribution in [0.5, 0.6) is 0 Å². The second kappa shape index (κ2) is 6.54. The fraction of sp³-hybridized carbons (Fsp3) is 0.444. The molecule has 2 fully saturated rings. The van der Waals surface area contributed by atoms with Crippen molar-refractivity contribution in [1.29, 1.82) is 0 Å². The van der Waals surface area contributed by atoms with Crippen LogP contribution in [0, 0.1) is 12.8 Å². The van der Waals surface area contributed by atoms with Crippen LogP contribution in [-0.2, 0) is 0 Å². The largest absolute Gasteiger partial charge is 0.330 e. The van der Waals surface area contributed by atoms with Gasteiger partial charge in [0.2, 0.25) is 0 Å². The molecule has 1 aliphatic heterocycles. The van der Waals surface area contributed by atoms with Crippen LogP contribution in [0.1, 0.15) is 34.8 Å². The summed E-state index contributed by atoms with van der Waals surface area (Å²) in [5.41, 5.74) is 7.21. The molecule has 0 unspecified atom stereocenters. The van der Waals surface area contributed by atoms with Gasteiger partial charge in [-0.2, -0.15) is 0 Å². The average molecular weight is 396 g/mol. The summed E-state index contributed by atoms with van der Waals surface area (Å²) in [6, 6.07) is 5.88. The number of piperidine rings is 1. The maximum Gasteiger partial charge on any atom is 0.274 e. The van der Waals surface area contributed by atoms with Crippen molar-refractivity contribution in [2.45, 2.75) is 38.3 Å². The van der Waals surface area contributed by atoms with Crippen LogP contribution in [0.25, 0.3) is 10.4 Å². The molecule has 1 amide bonds. The van der Waals surface area contributed by atoms with Gasteiger partial charge in [0.05, 0.1) is 19.9 Å².